The number of carbonyl (C=O) groups is 2. The van der Waals surface area contributed by atoms with Gasteiger partial charge >= 0.3 is 0 Å². The lowest BCUT2D eigenvalue weighted by molar-refractivity contribution is -0.130. The first-order valence-corrected chi connectivity index (χ1v) is 11.6. The fourth-order valence-corrected chi connectivity index (χ4v) is 5.01. The summed E-state index contributed by atoms with van der Waals surface area (Å²) < 4.78 is 2.02. The van der Waals surface area contributed by atoms with Gasteiger partial charge in [-0.1, -0.05) is 41.9 Å². The molecule has 1 aliphatic carbocycles. The van der Waals surface area contributed by atoms with Crippen LogP contribution in [0, 0.1) is 0 Å². The van der Waals surface area contributed by atoms with E-state index in [1.165, 1.54) is 5.56 Å². The van der Waals surface area contributed by atoms with Crippen LogP contribution in [0.3, 0.4) is 0 Å². The number of aromatic nitrogens is 3. The van der Waals surface area contributed by atoms with E-state index in [1.807, 2.05) is 23.7 Å². The minimum atomic E-state index is -0.0916. The zero-order valence-electron chi connectivity index (χ0n) is 18.8. The lowest BCUT2D eigenvalue weighted by Crippen LogP contribution is -2.50. The molecule has 2 heterocycles. The van der Waals surface area contributed by atoms with Gasteiger partial charge in [0, 0.05) is 51.3 Å². The van der Waals surface area contributed by atoms with Gasteiger partial charge in [-0.2, -0.15) is 0 Å². The summed E-state index contributed by atoms with van der Waals surface area (Å²) in [7, 11) is 1.97. The lowest BCUT2D eigenvalue weighted by Gasteiger charge is -2.34. The normalized spacial score (nSPS) is 17.2. The highest BCUT2D eigenvalue weighted by Gasteiger charge is 2.49. The Balaban J connectivity index is 1.38. The smallest absolute Gasteiger partial charge is 0.254 e. The van der Waals surface area contributed by atoms with Gasteiger partial charge in [-0.05, 0) is 36.6 Å². The highest BCUT2D eigenvalue weighted by atomic mass is 35.5. The summed E-state index contributed by atoms with van der Waals surface area (Å²) in [4.78, 5) is 28.0. The molecule has 2 fully saturated rings. The molecule has 1 saturated carbocycles. The molecule has 33 heavy (non-hydrogen) atoms. The van der Waals surface area contributed by atoms with Crippen molar-refractivity contribution in [3.8, 4) is 11.4 Å². The number of nitrogens with zero attached hydrogens (tertiary/aromatic N) is 5. The van der Waals surface area contributed by atoms with Gasteiger partial charge in [-0.3, -0.25) is 9.59 Å². The van der Waals surface area contributed by atoms with Crippen molar-refractivity contribution in [2.24, 2.45) is 7.05 Å². The quantitative estimate of drug-likeness (QED) is 0.593. The van der Waals surface area contributed by atoms with Crippen molar-refractivity contribution in [1.29, 1.82) is 0 Å². The molecular formula is C25H26ClN5O2. The second-order valence-corrected chi connectivity index (χ2v) is 9.25. The summed E-state index contributed by atoms with van der Waals surface area (Å²) >= 11 is 6.64. The molecule has 2 aromatic carbocycles. The molecule has 3 aromatic rings. The third-order valence-corrected chi connectivity index (χ3v) is 7.16. The Morgan fingerprint density at radius 2 is 1.61 bits per heavy atom. The summed E-state index contributed by atoms with van der Waals surface area (Å²) in [6, 6.07) is 15.8. The van der Waals surface area contributed by atoms with Crippen LogP contribution in [-0.4, -0.2) is 62.6 Å². The van der Waals surface area contributed by atoms with E-state index in [0.29, 0.717) is 42.6 Å². The molecule has 1 aromatic heterocycles. The molecule has 5 rings (SSSR count). The average Bonchev–Trinajstić information content (AvgIpc) is 3.55. The Morgan fingerprint density at radius 1 is 0.939 bits per heavy atom. The average molecular weight is 464 g/mol. The summed E-state index contributed by atoms with van der Waals surface area (Å²) in [6.07, 6.45) is 2.09. The highest BCUT2D eigenvalue weighted by Crippen LogP contribution is 2.53. The second-order valence-electron chi connectivity index (χ2n) is 8.85. The first-order valence-electron chi connectivity index (χ1n) is 11.2. The van der Waals surface area contributed by atoms with Gasteiger partial charge in [0.15, 0.2) is 5.82 Å². The van der Waals surface area contributed by atoms with Crippen LogP contribution in [0.5, 0.6) is 0 Å². The highest BCUT2D eigenvalue weighted by molar-refractivity contribution is 6.33. The third kappa shape index (κ3) is 3.80. The van der Waals surface area contributed by atoms with Crippen molar-refractivity contribution in [3.05, 3.63) is 70.5 Å². The van der Waals surface area contributed by atoms with Crippen LogP contribution in [0.4, 0.5) is 0 Å². The number of carbonyl (C=O) groups excluding carboxylic acids is 2. The van der Waals surface area contributed by atoms with Gasteiger partial charge in [-0.25, -0.2) is 0 Å². The first-order chi connectivity index (χ1) is 15.9. The molecule has 170 valence electrons. The van der Waals surface area contributed by atoms with E-state index in [0.717, 1.165) is 24.2 Å². The number of benzene rings is 2. The van der Waals surface area contributed by atoms with E-state index < -0.39 is 0 Å². The van der Waals surface area contributed by atoms with Crippen molar-refractivity contribution in [2.75, 3.05) is 26.2 Å². The third-order valence-electron chi connectivity index (χ3n) is 6.85. The number of hydrogen-bond donors (Lipinski definition) is 0. The maximum Gasteiger partial charge on any atom is 0.254 e. The summed E-state index contributed by atoms with van der Waals surface area (Å²) in [5.74, 6) is 1.58. The molecule has 0 atom stereocenters. The summed E-state index contributed by atoms with van der Waals surface area (Å²) in [5.41, 5.74) is 2.44. The van der Waals surface area contributed by atoms with Crippen molar-refractivity contribution >= 4 is 23.4 Å². The molecule has 8 heteroatoms. The summed E-state index contributed by atoms with van der Waals surface area (Å²) in [6.45, 7) is 3.70. The Morgan fingerprint density at radius 3 is 2.21 bits per heavy atom. The molecule has 1 aliphatic heterocycles. The predicted octanol–water partition coefficient (Wildman–Crippen LogP) is 3.52. The number of halogens is 1. The van der Waals surface area contributed by atoms with E-state index in [-0.39, 0.29) is 17.2 Å². The second kappa shape index (κ2) is 8.30. The van der Waals surface area contributed by atoms with Gasteiger partial charge in [0.05, 0.1) is 10.4 Å². The Bertz CT molecular complexity index is 1210. The van der Waals surface area contributed by atoms with Crippen LogP contribution in [-0.2, 0) is 17.3 Å². The number of amides is 2. The Labute approximate surface area is 198 Å². The molecule has 0 bridgehead atoms. The Kier molecular flexibility index (Phi) is 5.44. The van der Waals surface area contributed by atoms with Gasteiger partial charge in [0.25, 0.3) is 5.91 Å². The predicted molar refractivity (Wildman–Crippen MR) is 126 cm³/mol. The fraction of sp³-hybridized carbons (Fsp3) is 0.360. The molecule has 0 radical (unpaired) electrons. The van der Waals surface area contributed by atoms with Crippen molar-refractivity contribution in [1.82, 2.24) is 24.6 Å². The summed E-state index contributed by atoms with van der Waals surface area (Å²) in [5, 5.41) is 9.47. The first kappa shape index (κ1) is 21.6. The molecule has 0 spiro atoms. The van der Waals surface area contributed by atoms with Gasteiger partial charge in [0.2, 0.25) is 5.91 Å². The van der Waals surface area contributed by atoms with Crippen LogP contribution in [0.25, 0.3) is 11.4 Å². The minimum Gasteiger partial charge on any atom is -0.339 e. The van der Waals surface area contributed by atoms with E-state index in [9.17, 15) is 9.59 Å². The number of rotatable bonds is 4. The number of hydrogen-bond acceptors (Lipinski definition) is 4. The largest absolute Gasteiger partial charge is 0.339 e. The van der Waals surface area contributed by atoms with Crippen molar-refractivity contribution < 1.29 is 9.59 Å². The zero-order chi connectivity index (χ0) is 23.2. The van der Waals surface area contributed by atoms with E-state index in [4.69, 9.17) is 11.6 Å². The zero-order valence-corrected chi connectivity index (χ0v) is 19.5. The van der Waals surface area contributed by atoms with Crippen molar-refractivity contribution in [3.63, 3.8) is 0 Å². The molecule has 0 unspecified atom stereocenters. The van der Waals surface area contributed by atoms with E-state index in [2.05, 4.69) is 34.5 Å². The van der Waals surface area contributed by atoms with Crippen LogP contribution < -0.4 is 0 Å². The standard InChI is InChI=1S/C25H26ClN5O2/c1-17(32)30-12-14-31(15-13-30)23(33)18-8-9-20(21(26)16-18)22-27-28-24(29(22)2)25(10-11-25)19-6-4-3-5-7-19/h3-9,16H,10-15H2,1-2H3. The van der Waals surface area contributed by atoms with E-state index >= 15 is 0 Å². The molecule has 2 amide bonds. The molecular weight excluding hydrogens is 438 g/mol. The molecule has 1 saturated heterocycles. The van der Waals surface area contributed by atoms with Crippen LogP contribution in [0.15, 0.2) is 48.5 Å². The lowest BCUT2D eigenvalue weighted by atomic mass is 9.95. The van der Waals surface area contributed by atoms with Crippen LogP contribution in [0.2, 0.25) is 5.02 Å². The molecule has 0 N–H and O–H groups in total. The number of piperazine rings is 1. The SMILES string of the molecule is CC(=O)N1CCN(C(=O)c2ccc(-c3nnc(C4(c5ccccc5)CC4)n3C)c(Cl)c2)CC1. The van der Waals surface area contributed by atoms with Crippen LogP contribution in [0.1, 0.15) is 41.5 Å². The minimum absolute atomic E-state index is 0.0396. The fourth-order valence-electron chi connectivity index (χ4n) is 4.74. The maximum atomic E-state index is 13.0. The van der Waals surface area contributed by atoms with Gasteiger partial charge in [0.1, 0.15) is 5.82 Å². The van der Waals surface area contributed by atoms with Gasteiger partial charge < -0.3 is 14.4 Å². The monoisotopic (exact) mass is 463 g/mol. The van der Waals surface area contributed by atoms with Crippen LogP contribution >= 0.6 is 11.6 Å². The molecule has 7 nitrogen and oxygen atoms in total. The topological polar surface area (TPSA) is 71.3 Å². The van der Waals surface area contributed by atoms with E-state index in [1.54, 1.807) is 28.9 Å². The molecule has 2 aliphatic rings. The van der Waals surface area contributed by atoms with Gasteiger partial charge in [-0.15, -0.1) is 10.2 Å². The maximum absolute atomic E-state index is 13.0. The Hall–Kier alpha value is -3.19. The van der Waals surface area contributed by atoms with Crippen molar-refractivity contribution in [2.45, 2.75) is 25.2 Å².